The molecule has 5 N–H and O–H groups in total. The summed E-state index contributed by atoms with van der Waals surface area (Å²) < 4.78 is 5.47. The third-order valence-electron chi connectivity index (χ3n) is 2.70. The summed E-state index contributed by atoms with van der Waals surface area (Å²) in [5.74, 6) is -0.0815. The van der Waals surface area contributed by atoms with Gasteiger partial charge in [-0.1, -0.05) is 0 Å². The number of carbonyl (C=O) groups is 1. The molecule has 2 rings (SSSR count). The van der Waals surface area contributed by atoms with Gasteiger partial charge in [0.05, 0.1) is 11.8 Å². The standard InChI is InChI=1S/C11H16N4O2/c12-8-3-4-9(10(13)16)15-11(8)14-6-7-2-1-5-17-7/h3-4,7H,1-2,5-6,12H2,(H2,13,16)(H,14,15). The van der Waals surface area contributed by atoms with Crippen LogP contribution in [0.15, 0.2) is 12.1 Å². The zero-order valence-electron chi connectivity index (χ0n) is 9.48. The number of ether oxygens (including phenoxy) is 1. The Kier molecular flexibility index (Phi) is 3.43. The number of nitrogens with two attached hydrogens (primary N) is 2. The molecule has 1 aliphatic heterocycles. The molecule has 1 atom stereocenters. The third kappa shape index (κ3) is 2.85. The van der Waals surface area contributed by atoms with Crippen molar-refractivity contribution in [3.05, 3.63) is 17.8 Å². The molecule has 1 amide bonds. The second-order valence-electron chi connectivity index (χ2n) is 4.01. The van der Waals surface area contributed by atoms with Crippen molar-refractivity contribution in [3.63, 3.8) is 0 Å². The summed E-state index contributed by atoms with van der Waals surface area (Å²) in [6.07, 6.45) is 2.30. The average molecular weight is 236 g/mol. The van der Waals surface area contributed by atoms with Gasteiger partial charge < -0.3 is 21.5 Å². The van der Waals surface area contributed by atoms with Crippen LogP contribution in [0.25, 0.3) is 0 Å². The lowest BCUT2D eigenvalue weighted by Gasteiger charge is -2.13. The first-order valence-electron chi connectivity index (χ1n) is 5.58. The van der Waals surface area contributed by atoms with E-state index < -0.39 is 5.91 Å². The highest BCUT2D eigenvalue weighted by molar-refractivity contribution is 5.91. The maximum absolute atomic E-state index is 11.0. The van der Waals surface area contributed by atoms with Crippen LogP contribution in [0.3, 0.4) is 0 Å². The number of amides is 1. The van der Waals surface area contributed by atoms with E-state index in [1.54, 1.807) is 6.07 Å². The third-order valence-corrected chi connectivity index (χ3v) is 2.70. The van der Waals surface area contributed by atoms with Crippen LogP contribution in [0, 0.1) is 0 Å². The quantitative estimate of drug-likeness (QED) is 0.700. The van der Waals surface area contributed by atoms with Crippen LogP contribution in [-0.2, 0) is 4.74 Å². The summed E-state index contributed by atoms with van der Waals surface area (Å²) >= 11 is 0. The fourth-order valence-corrected chi connectivity index (χ4v) is 1.76. The lowest BCUT2D eigenvalue weighted by atomic mass is 10.2. The first-order valence-corrected chi connectivity index (χ1v) is 5.58. The highest BCUT2D eigenvalue weighted by Gasteiger charge is 2.16. The lowest BCUT2D eigenvalue weighted by Crippen LogP contribution is -2.21. The minimum atomic E-state index is -0.565. The number of carbonyl (C=O) groups excluding carboxylic acids is 1. The van der Waals surface area contributed by atoms with Crippen LogP contribution in [0.2, 0.25) is 0 Å². The predicted octanol–water partition coefficient (Wildman–Crippen LogP) is 0.354. The number of nitrogens with one attached hydrogen (secondary N) is 1. The van der Waals surface area contributed by atoms with Crippen LogP contribution in [0.5, 0.6) is 0 Å². The van der Waals surface area contributed by atoms with Gasteiger partial charge in [0.2, 0.25) is 0 Å². The van der Waals surface area contributed by atoms with Gasteiger partial charge in [-0.15, -0.1) is 0 Å². The lowest BCUT2D eigenvalue weighted by molar-refractivity contribution is 0.0996. The Morgan fingerprint density at radius 2 is 2.41 bits per heavy atom. The van der Waals surface area contributed by atoms with E-state index in [0.29, 0.717) is 18.1 Å². The Morgan fingerprint density at radius 1 is 1.59 bits per heavy atom. The van der Waals surface area contributed by atoms with Gasteiger partial charge in [-0.25, -0.2) is 4.98 Å². The van der Waals surface area contributed by atoms with E-state index in [4.69, 9.17) is 16.2 Å². The van der Waals surface area contributed by atoms with E-state index >= 15 is 0 Å². The number of anilines is 2. The fraction of sp³-hybridized carbons (Fsp3) is 0.455. The van der Waals surface area contributed by atoms with E-state index in [1.807, 2.05) is 0 Å². The molecule has 1 fully saturated rings. The largest absolute Gasteiger partial charge is 0.396 e. The Labute approximate surface area is 99.3 Å². The van der Waals surface area contributed by atoms with Crippen molar-refractivity contribution in [1.82, 2.24) is 4.98 Å². The van der Waals surface area contributed by atoms with Crippen molar-refractivity contribution in [1.29, 1.82) is 0 Å². The van der Waals surface area contributed by atoms with Crippen molar-refractivity contribution in [2.24, 2.45) is 5.73 Å². The van der Waals surface area contributed by atoms with Crippen LogP contribution in [-0.4, -0.2) is 30.1 Å². The van der Waals surface area contributed by atoms with Crippen molar-refractivity contribution in [2.45, 2.75) is 18.9 Å². The molecule has 0 bridgehead atoms. The monoisotopic (exact) mass is 236 g/mol. The maximum atomic E-state index is 11.0. The van der Waals surface area contributed by atoms with Gasteiger partial charge in [-0.05, 0) is 25.0 Å². The summed E-state index contributed by atoms with van der Waals surface area (Å²) in [6.45, 7) is 1.44. The first-order chi connectivity index (χ1) is 8.16. The molecule has 17 heavy (non-hydrogen) atoms. The Balaban J connectivity index is 2.03. The van der Waals surface area contributed by atoms with Gasteiger partial charge in [0.25, 0.3) is 5.91 Å². The summed E-state index contributed by atoms with van der Waals surface area (Å²) in [6, 6.07) is 3.12. The molecule has 1 aromatic heterocycles. The van der Waals surface area contributed by atoms with Crippen LogP contribution in [0.4, 0.5) is 11.5 Å². The summed E-state index contributed by atoms with van der Waals surface area (Å²) in [5.41, 5.74) is 11.6. The van der Waals surface area contributed by atoms with Gasteiger partial charge in [0.15, 0.2) is 0 Å². The number of hydrogen-bond acceptors (Lipinski definition) is 5. The normalized spacial score (nSPS) is 19.2. The fourth-order valence-electron chi connectivity index (χ4n) is 1.76. The number of nitrogens with zero attached hydrogens (tertiary/aromatic N) is 1. The molecule has 0 saturated carbocycles. The SMILES string of the molecule is NC(=O)c1ccc(N)c(NCC2CCCO2)n1. The molecule has 0 aromatic carbocycles. The van der Waals surface area contributed by atoms with E-state index in [2.05, 4.69) is 10.3 Å². The van der Waals surface area contributed by atoms with Gasteiger partial charge >= 0.3 is 0 Å². The molecule has 0 spiro atoms. The van der Waals surface area contributed by atoms with Gasteiger partial charge in [0.1, 0.15) is 11.5 Å². The molecule has 1 aliphatic rings. The zero-order chi connectivity index (χ0) is 12.3. The van der Waals surface area contributed by atoms with Gasteiger partial charge in [0, 0.05) is 13.2 Å². The minimum absolute atomic E-state index is 0.188. The Morgan fingerprint density at radius 3 is 3.06 bits per heavy atom. The number of hydrogen-bond donors (Lipinski definition) is 3. The summed E-state index contributed by atoms with van der Waals surface area (Å²) in [5, 5.41) is 3.08. The topological polar surface area (TPSA) is 103 Å². The number of rotatable bonds is 4. The van der Waals surface area contributed by atoms with Crippen molar-refractivity contribution in [2.75, 3.05) is 24.2 Å². The van der Waals surface area contributed by atoms with E-state index in [9.17, 15) is 4.79 Å². The number of pyridine rings is 1. The minimum Gasteiger partial charge on any atom is -0.396 e. The molecule has 1 unspecified atom stereocenters. The summed E-state index contributed by atoms with van der Waals surface area (Å²) in [7, 11) is 0. The molecule has 6 heteroatoms. The van der Waals surface area contributed by atoms with Crippen molar-refractivity contribution < 1.29 is 9.53 Å². The molecule has 0 aliphatic carbocycles. The molecule has 0 radical (unpaired) electrons. The molecular formula is C11H16N4O2. The Hall–Kier alpha value is -1.82. The number of nitrogen functional groups attached to an aromatic ring is 1. The van der Waals surface area contributed by atoms with E-state index in [1.165, 1.54) is 6.07 Å². The van der Waals surface area contributed by atoms with Gasteiger partial charge in [-0.3, -0.25) is 4.79 Å². The predicted molar refractivity (Wildman–Crippen MR) is 64.6 cm³/mol. The smallest absolute Gasteiger partial charge is 0.267 e. The van der Waals surface area contributed by atoms with Crippen molar-refractivity contribution >= 4 is 17.4 Å². The van der Waals surface area contributed by atoms with E-state index in [0.717, 1.165) is 19.4 Å². The number of aromatic nitrogens is 1. The number of primary amides is 1. The Bertz CT molecular complexity index is 416. The highest BCUT2D eigenvalue weighted by atomic mass is 16.5. The van der Waals surface area contributed by atoms with E-state index in [-0.39, 0.29) is 11.8 Å². The first kappa shape index (κ1) is 11.7. The maximum Gasteiger partial charge on any atom is 0.267 e. The van der Waals surface area contributed by atoms with Crippen LogP contribution < -0.4 is 16.8 Å². The molecule has 6 nitrogen and oxygen atoms in total. The average Bonchev–Trinajstić information content (AvgIpc) is 2.80. The molecule has 1 saturated heterocycles. The molecular weight excluding hydrogens is 220 g/mol. The zero-order valence-corrected chi connectivity index (χ0v) is 9.48. The van der Waals surface area contributed by atoms with Gasteiger partial charge in [-0.2, -0.15) is 0 Å². The van der Waals surface area contributed by atoms with Crippen molar-refractivity contribution in [3.8, 4) is 0 Å². The highest BCUT2D eigenvalue weighted by Crippen LogP contribution is 2.17. The van der Waals surface area contributed by atoms with Crippen LogP contribution >= 0.6 is 0 Å². The second-order valence-corrected chi connectivity index (χ2v) is 4.01. The molecule has 2 heterocycles. The summed E-state index contributed by atoms with van der Waals surface area (Å²) in [4.78, 5) is 15.1. The molecule has 1 aromatic rings. The molecule has 92 valence electrons. The second kappa shape index (κ2) is 5.01. The van der Waals surface area contributed by atoms with Crippen LogP contribution in [0.1, 0.15) is 23.3 Å².